The summed E-state index contributed by atoms with van der Waals surface area (Å²) in [4.78, 5) is 4.07. The minimum Gasteiger partial charge on any atom is -0.333 e. The smallest absolute Gasteiger partial charge is 0.0949 e. The summed E-state index contributed by atoms with van der Waals surface area (Å²) in [6.07, 6.45) is 5.68. The molecular weight excluding hydrogens is 208 g/mol. The van der Waals surface area contributed by atoms with Crippen LogP contribution in [0.25, 0.3) is 0 Å². The lowest BCUT2D eigenvalue weighted by molar-refractivity contribution is 0.588. The molecule has 0 aliphatic heterocycles. The van der Waals surface area contributed by atoms with Gasteiger partial charge in [0.15, 0.2) is 0 Å². The van der Waals surface area contributed by atoms with Crippen LogP contribution in [0.15, 0.2) is 36.9 Å². The van der Waals surface area contributed by atoms with Crippen LogP contribution in [-0.4, -0.2) is 9.55 Å². The summed E-state index contributed by atoms with van der Waals surface area (Å²) < 4.78 is 2.10. The average Bonchev–Trinajstić information content (AvgIpc) is 2.68. The molecule has 2 rings (SSSR count). The Morgan fingerprint density at radius 2 is 1.94 bits per heavy atom. The van der Waals surface area contributed by atoms with E-state index in [-0.39, 0.29) is 5.41 Å². The Kier molecular flexibility index (Phi) is 3.05. The first kappa shape index (κ1) is 11.9. The molecule has 1 heterocycles. The lowest BCUT2D eigenvalue weighted by atomic mass is 9.85. The van der Waals surface area contributed by atoms with Gasteiger partial charge in [0.1, 0.15) is 0 Å². The van der Waals surface area contributed by atoms with E-state index in [0.29, 0.717) is 0 Å². The second-order valence-corrected chi connectivity index (χ2v) is 5.69. The first-order valence-electron chi connectivity index (χ1n) is 6.02. The van der Waals surface area contributed by atoms with Gasteiger partial charge in [-0.15, -0.1) is 0 Å². The molecule has 1 aromatic heterocycles. The van der Waals surface area contributed by atoms with Crippen LogP contribution in [0.5, 0.6) is 0 Å². The van der Waals surface area contributed by atoms with Crippen LogP contribution < -0.4 is 0 Å². The predicted molar refractivity (Wildman–Crippen MR) is 71.2 cm³/mol. The standard InChI is InChI=1S/C15H20N2/c1-12-7-13(10-17-6-5-16-11-17)9-14(8-12)15(2,3)4/h5-9,11H,10H2,1-4H3. The molecule has 0 N–H and O–H groups in total. The summed E-state index contributed by atoms with van der Waals surface area (Å²) in [6, 6.07) is 6.82. The number of hydrogen-bond donors (Lipinski definition) is 0. The first-order chi connectivity index (χ1) is 7.95. The number of hydrogen-bond acceptors (Lipinski definition) is 1. The predicted octanol–water partition coefficient (Wildman–Crippen LogP) is 3.54. The second-order valence-electron chi connectivity index (χ2n) is 5.69. The molecule has 0 atom stereocenters. The molecule has 0 radical (unpaired) electrons. The normalized spacial score (nSPS) is 11.8. The van der Waals surface area contributed by atoms with Gasteiger partial charge in [-0.05, 0) is 23.5 Å². The molecular formula is C15H20N2. The van der Waals surface area contributed by atoms with Gasteiger partial charge < -0.3 is 4.57 Å². The molecule has 0 aliphatic carbocycles. The van der Waals surface area contributed by atoms with E-state index in [2.05, 4.69) is 55.4 Å². The van der Waals surface area contributed by atoms with Crippen molar-refractivity contribution in [2.75, 3.05) is 0 Å². The Bertz CT molecular complexity index is 490. The molecule has 0 aliphatic rings. The summed E-state index contributed by atoms with van der Waals surface area (Å²) in [5, 5.41) is 0. The zero-order chi connectivity index (χ0) is 12.5. The average molecular weight is 228 g/mol. The van der Waals surface area contributed by atoms with Crippen LogP contribution in [-0.2, 0) is 12.0 Å². The van der Waals surface area contributed by atoms with Crippen molar-refractivity contribution in [1.29, 1.82) is 0 Å². The topological polar surface area (TPSA) is 17.8 Å². The molecule has 2 nitrogen and oxygen atoms in total. The molecule has 0 amide bonds. The highest BCUT2D eigenvalue weighted by molar-refractivity contribution is 5.33. The minimum absolute atomic E-state index is 0.204. The van der Waals surface area contributed by atoms with Crippen LogP contribution in [0.4, 0.5) is 0 Å². The zero-order valence-corrected chi connectivity index (χ0v) is 11.1. The van der Waals surface area contributed by atoms with Gasteiger partial charge in [0.05, 0.1) is 6.33 Å². The lowest BCUT2D eigenvalue weighted by Crippen LogP contribution is -2.12. The van der Waals surface area contributed by atoms with E-state index in [4.69, 9.17) is 0 Å². The van der Waals surface area contributed by atoms with Crippen molar-refractivity contribution in [3.63, 3.8) is 0 Å². The Morgan fingerprint density at radius 3 is 2.53 bits per heavy atom. The molecule has 0 bridgehead atoms. The first-order valence-corrected chi connectivity index (χ1v) is 6.02. The van der Waals surface area contributed by atoms with Crippen molar-refractivity contribution in [2.24, 2.45) is 0 Å². The van der Waals surface area contributed by atoms with Crippen molar-refractivity contribution in [3.05, 3.63) is 53.6 Å². The maximum atomic E-state index is 4.07. The van der Waals surface area contributed by atoms with Gasteiger partial charge in [0, 0.05) is 18.9 Å². The lowest BCUT2D eigenvalue weighted by Gasteiger charge is -2.21. The van der Waals surface area contributed by atoms with Gasteiger partial charge in [0.2, 0.25) is 0 Å². The zero-order valence-electron chi connectivity index (χ0n) is 11.1. The Hall–Kier alpha value is -1.57. The molecule has 0 unspecified atom stereocenters. The number of imidazole rings is 1. The van der Waals surface area contributed by atoms with Gasteiger partial charge in [-0.2, -0.15) is 0 Å². The van der Waals surface area contributed by atoms with Gasteiger partial charge in [-0.3, -0.25) is 0 Å². The van der Waals surface area contributed by atoms with E-state index >= 15 is 0 Å². The molecule has 90 valence electrons. The van der Waals surface area contributed by atoms with Crippen LogP contribution >= 0.6 is 0 Å². The van der Waals surface area contributed by atoms with E-state index in [0.717, 1.165) is 6.54 Å². The fourth-order valence-corrected chi connectivity index (χ4v) is 1.98. The highest BCUT2D eigenvalue weighted by atomic mass is 15.0. The van der Waals surface area contributed by atoms with Crippen LogP contribution in [0.3, 0.4) is 0 Å². The monoisotopic (exact) mass is 228 g/mol. The third kappa shape index (κ3) is 2.96. The summed E-state index contributed by atoms with van der Waals surface area (Å²) in [5.41, 5.74) is 4.27. The molecule has 1 aromatic carbocycles. The molecule has 0 saturated heterocycles. The summed E-state index contributed by atoms with van der Waals surface area (Å²) in [6.45, 7) is 9.81. The molecule has 2 heteroatoms. The van der Waals surface area contributed by atoms with E-state index in [1.165, 1.54) is 16.7 Å². The van der Waals surface area contributed by atoms with E-state index in [9.17, 15) is 0 Å². The van der Waals surface area contributed by atoms with Gasteiger partial charge >= 0.3 is 0 Å². The third-order valence-corrected chi connectivity index (χ3v) is 2.93. The summed E-state index contributed by atoms with van der Waals surface area (Å²) >= 11 is 0. The second kappa shape index (κ2) is 4.36. The molecule has 0 fully saturated rings. The van der Waals surface area contributed by atoms with Crippen molar-refractivity contribution >= 4 is 0 Å². The highest BCUT2D eigenvalue weighted by Gasteiger charge is 2.14. The van der Waals surface area contributed by atoms with Crippen molar-refractivity contribution in [2.45, 2.75) is 39.7 Å². The van der Waals surface area contributed by atoms with Crippen molar-refractivity contribution < 1.29 is 0 Å². The minimum atomic E-state index is 0.204. The van der Waals surface area contributed by atoms with Gasteiger partial charge in [-0.1, -0.05) is 44.5 Å². The van der Waals surface area contributed by atoms with Gasteiger partial charge in [0.25, 0.3) is 0 Å². The van der Waals surface area contributed by atoms with Crippen LogP contribution in [0.1, 0.15) is 37.5 Å². The molecule has 0 saturated carbocycles. The number of nitrogens with zero attached hydrogens (tertiary/aromatic N) is 2. The number of aromatic nitrogens is 2. The maximum Gasteiger partial charge on any atom is 0.0949 e. The fourth-order valence-electron chi connectivity index (χ4n) is 1.98. The van der Waals surface area contributed by atoms with Crippen molar-refractivity contribution in [3.8, 4) is 0 Å². The number of aryl methyl sites for hydroxylation is 1. The third-order valence-electron chi connectivity index (χ3n) is 2.93. The number of benzene rings is 1. The Labute approximate surface area is 103 Å². The van der Waals surface area contributed by atoms with E-state index in [1.54, 1.807) is 0 Å². The SMILES string of the molecule is Cc1cc(Cn2ccnc2)cc(C(C)(C)C)c1. The Balaban J connectivity index is 2.32. The molecule has 17 heavy (non-hydrogen) atoms. The van der Waals surface area contributed by atoms with Gasteiger partial charge in [-0.25, -0.2) is 4.98 Å². The Morgan fingerprint density at radius 1 is 1.18 bits per heavy atom. The highest BCUT2D eigenvalue weighted by Crippen LogP contribution is 2.24. The fraction of sp³-hybridized carbons (Fsp3) is 0.400. The van der Waals surface area contributed by atoms with Crippen LogP contribution in [0, 0.1) is 6.92 Å². The summed E-state index contributed by atoms with van der Waals surface area (Å²) in [7, 11) is 0. The summed E-state index contributed by atoms with van der Waals surface area (Å²) in [5.74, 6) is 0. The molecule has 0 spiro atoms. The maximum absolute atomic E-state index is 4.07. The molecule has 2 aromatic rings. The largest absolute Gasteiger partial charge is 0.333 e. The van der Waals surface area contributed by atoms with E-state index in [1.807, 2.05) is 18.7 Å². The van der Waals surface area contributed by atoms with E-state index < -0.39 is 0 Å². The number of rotatable bonds is 2. The quantitative estimate of drug-likeness (QED) is 0.768. The van der Waals surface area contributed by atoms with Crippen LogP contribution in [0.2, 0.25) is 0 Å². The van der Waals surface area contributed by atoms with Crippen molar-refractivity contribution in [1.82, 2.24) is 9.55 Å².